The van der Waals surface area contributed by atoms with E-state index in [1.807, 2.05) is 18.2 Å². The minimum absolute atomic E-state index is 0.0631. The van der Waals surface area contributed by atoms with Gasteiger partial charge in [0.1, 0.15) is 0 Å². The molecule has 0 bridgehead atoms. The lowest BCUT2D eigenvalue weighted by molar-refractivity contribution is 0.104. The standard InChI is InChI=1S/C16H9BrClNO/c17-12-6-11(7-13(18)8-12)16(20)14-3-1-2-10-4-5-19-9-15(10)14/h1-9H. The minimum atomic E-state index is -0.0631. The second kappa shape index (κ2) is 5.35. The Labute approximate surface area is 129 Å². The van der Waals surface area contributed by atoms with E-state index in [4.69, 9.17) is 11.6 Å². The number of ketones is 1. The van der Waals surface area contributed by atoms with Crippen molar-refractivity contribution >= 4 is 44.1 Å². The van der Waals surface area contributed by atoms with E-state index >= 15 is 0 Å². The van der Waals surface area contributed by atoms with Gasteiger partial charge in [0.05, 0.1) is 0 Å². The molecule has 20 heavy (non-hydrogen) atoms. The molecule has 1 aromatic heterocycles. The molecule has 0 radical (unpaired) electrons. The lowest BCUT2D eigenvalue weighted by Gasteiger charge is -2.06. The fourth-order valence-electron chi connectivity index (χ4n) is 2.15. The second-order valence-corrected chi connectivity index (χ2v) is 5.74. The molecule has 2 nitrogen and oxygen atoms in total. The van der Waals surface area contributed by atoms with E-state index in [1.165, 1.54) is 0 Å². The Morgan fingerprint density at radius 3 is 2.80 bits per heavy atom. The van der Waals surface area contributed by atoms with Crippen molar-refractivity contribution in [3.63, 3.8) is 0 Å². The van der Waals surface area contributed by atoms with Gasteiger partial charge < -0.3 is 0 Å². The third-order valence-corrected chi connectivity index (χ3v) is 3.73. The zero-order valence-corrected chi connectivity index (χ0v) is 12.6. The Morgan fingerprint density at radius 2 is 2.00 bits per heavy atom. The molecule has 0 fully saturated rings. The molecule has 0 N–H and O–H groups in total. The molecule has 0 aliphatic heterocycles. The maximum absolute atomic E-state index is 12.7. The van der Waals surface area contributed by atoms with E-state index in [0.29, 0.717) is 16.1 Å². The molecule has 0 atom stereocenters. The van der Waals surface area contributed by atoms with Crippen LogP contribution in [0.4, 0.5) is 0 Å². The number of benzene rings is 2. The monoisotopic (exact) mass is 345 g/mol. The quantitative estimate of drug-likeness (QED) is 0.619. The van der Waals surface area contributed by atoms with Crippen LogP contribution in [0.2, 0.25) is 5.02 Å². The lowest BCUT2D eigenvalue weighted by atomic mass is 9.98. The normalized spacial score (nSPS) is 10.7. The first kappa shape index (κ1) is 13.3. The van der Waals surface area contributed by atoms with Crippen LogP contribution < -0.4 is 0 Å². The van der Waals surface area contributed by atoms with Crippen LogP contribution in [-0.2, 0) is 0 Å². The van der Waals surface area contributed by atoms with Gasteiger partial charge >= 0.3 is 0 Å². The fraction of sp³-hybridized carbons (Fsp3) is 0. The molecule has 98 valence electrons. The predicted molar refractivity (Wildman–Crippen MR) is 84.3 cm³/mol. The number of hydrogen-bond donors (Lipinski definition) is 0. The average molecular weight is 347 g/mol. The molecule has 3 aromatic rings. The summed E-state index contributed by atoms with van der Waals surface area (Å²) in [6.07, 6.45) is 3.43. The minimum Gasteiger partial charge on any atom is -0.289 e. The van der Waals surface area contributed by atoms with E-state index in [0.717, 1.165) is 15.2 Å². The molecular formula is C16H9BrClNO. The average Bonchev–Trinajstić information content (AvgIpc) is 2.45. The number of fused-ring (bicyclic) bond motifs is 1. The summed E-state index contributed by atoms with van der Waals surface area (Å²) in [4.78, 5) is 16.8. The molecule has 3 rings (SSSR count). The highest BCUT2D eigenvalue weighted by Gasteiger charge is 2.13. The second-order valence-electron chi connectivity index (χ2n) is 4.39. The van der Waals surface area contributed by atoms with Gasteiger partial charge in [0.2, 0.25) is 0 Å². The lowest BCUT2D eigenvalue weighted by Crippen LogP contribution is -2.02. The maximum atomic E-state index is 12.7. The number of nitrogens with zero attached hydrogens (tertiary/aromatic N) is 1. The van der Waals surface area contributed by atoms with Gasteiger partial charge in [0.15, 0.2) is 5.78 Å². The van der Waals surface area contributed by atoms with Crippen LogP contribution in [0.1, 0.15) is 15.9 Å². The first-order valence-corrected chi connectivity index (χ1v) is 7.16. The number of carbonyl (C=O) groups excluding carboxylic acids is 1. The Hall–Kier alpha value is -1.71. The van der Waals surface area contributed by atoms with Crippen LogP contribution in [0.15, 0.2) is 59.3 Å². The van der Waals surface area contributed by atoms with Crippen LogP contribution in [0, 0.1) is 0 Å². The van der Waals surface area contributed by atoms with Crippen molar-refractivity contribution in [2.75, 3.05) is 0 Å². The highest BCUT2D eigenvalue weighted by molar-refractivity contribution is 9.10. The van der Waals surface area contributed by atoms with Crippen molar-refractivity contribution in [3.8, 4) is 0 Å². The third kappa shape index (κ3) is 2.47. The van der Waals surface area contributed by atoms with Crippen molar-refractivity contribution in [2.45, 2.75) is 0 Å². The number of pyridine rings is 1. The SMILES string of the molecule is O=C(c1cc(Cl)cc(Br)c1)c1cccc2ccncc12. The number of hydrogen-bond acceptors (Lipinski definition) is 2. The number of carbonyl (C=O) groups is 1. The fourth-order valence-corrected chi connectivity index (χ4v) is 3.01. The molecule has 0 saturated carbocycles. The molecule has 0 aliphatic carbocycles. The first-order chi connectivity index (χ1) is 9.65. The molecule has 0 saturated heterocycles. The number of aromatic nitrogens is 1. The molecule has 0 aliphatic rings. The van der Waals surface area contributed by atoms with Gasteiger partial charge in [0.25, 0.3) is 0 Å². The molecule has 0 amide bonds. The van der Waals surface area contributed by atoms with E-state index in [-0.39, 0.29) is 5.78 Å². The summed E-state index contributed by atoms with van der Waals surface area (Å²) in [5.41, 5.74) is 1.19. The van der Waals surface area contributed by atoms with Gasteiger partial charge in [-0.1, -0.05) is 45.7 Å². The Bertz CT molecular complexity index is 791. The van der Waals surface area contributed by atoms with Gasteiger partial charge in [-0.3, -0.25) is 9.78 Å². The Kier molecular flexibility index (Phi) is 3.55. The third-order valence-electron chi connectivity index (χ3n) is 3.05. The van der Waals surface area contributed by atoms with Crippen molar-refractivity contribution in [3.05, 3.63) is 75.5 Å². The van der Waals surface area contributed by atoms with E-state index in [2.05, 4.69) is 20.9 Å². The summed E-state index contributed by atoms with van der Waals surface area (Å²) >= 11 is 9.36. The number of rotatable bonds is 2. The van der Waals surface area contributed by atoms with Crippen LogP contribution in [0.25, 0.3) is 10.8 Å². The summed E-state index contributed by atoms with van der Waals surface area (Å²) in [6, 6.07) is 12.7. The zero-order valence-electron chi connectivity index (χ0n) is 10.3. The summed E-state index contributed by atoms with van der Waals surface area (Å²) in [6.45, 7) is 0. The summed E-state index contributed by atoms with van der Waals surface area (Å²) in [5, 5.41) is 2.36. The van der Waals surface area contributed by atoms with Crippen LogP contribution in [0.3, 0.4) is 0 Å². The summed E-state index contributed by atoms with van der Waals surface area (Å²) in [7, 11) is 0. The van der Waals surface area contributed by atoms with Gasteiger partial charge in [0, 0.05) is 38.4 Å². The van der Waals surface area contributed by atoms with E-state index < -0.39 is 0 Å². The van der Waals surface area contributed by atoms with Gasteiger partial charge in [-0.25, -0.2) is 0 Å². The molecule has 0 spiro atoms. The zero-order chi connectivity index (χ0) is 14.1. The van der Waals surface area contributed by atoms with E-state index in [9.17, 15) is 4.79 Å². The van der Waals surface area contributed by atoms with Gasteiger partial charge in [-0.2, -0.15) is 0 Å². The largest absolute Gasteiger partial charge is 0.289 e. The molecular weight excluding hydrogens is 338 g/mol. The maximum Gasteiger partial charge on any atom is 0.193 e. The Balaban J connectivity index is 2.17. The van der Waals surface area contributed by atoms with Crippen molar-refractivity contribution in [2.24, 2.45) is 0 Å². The Morgan fingerprint density at radius 1 is 1.15 bits per heavy atom. The van der Waals surface area contributed by atoms with Crippen molar-refractivity contribution in [1.29, 1.82) is 0 Å². The van der Waals surface area contributed by atoms with Gasteiger partial charge in [-0.15, -0.1) is 0 Å². The molecule has 0 unspecified atom stereocenters. The van der Waals surface area contributed by atoms with Crippen LogP contribution >= 0.6 is 27.5 Å². The highest BCUT2D eigenvalue weighted by atomic mass is 79.9. The van der Waals surface area contributed by atoms with Crippen LogP contribution in [-0.4, -0.2) is 10.8 Å². The van der Waals surface area contributed by atoms with Crippen LogP contribution in [0.5, 0.6) is 0 Å². The van der Waals surface area contributed by atoms with Gasteiger partial charge in [-0.05, 0) is 29.7 Å². The topological polar surface area (TPSA) is 30.0 Å². The smallest absolute Gasteiger partial charge is 0.193 e. The van der Waals surface area contributed by atoms with Crippen molar-refractivity contribution < 1.29 is 4.79 Å². The first-order valence-electron chi connectivity index (χ1n) is 5.99. The molecule has 4 heteroatoms. The number of halogens is 2. The summed E-state index contributed by atoms with van der Waals surface area (Å²) in [5.74, 6) is -0.0631. The van der Waals surface area contributed by atoms with Crippen molar-refractivity contribution in [1.82, 2.24) is 4.98 Å². The molecule has 2 aromatic carbocycles. The summed E-state index contributed by atoms with van der Waals surface area (Å²) < 4.78 is 0.784. The van der Waals surface area contributed by atoms with E-state index in [1.54, 1.807) is 36.7 Å². The molecule has 1 heterocycles. The highest BCUT2D eigenvalue weighted by Crippen LogP contribution is 2.24. The predicted octanol–water partition coefficient (Wildman–Crippen LogP) is 4.88.